The number of likely N-dealkylation sites (N-methyl/N-ethyl adjacent to an activating group) is 2. The Labute approximate surface area is 112 Å². The molecule has 0 radical (unpaired) electrons. The first-order chi connectivity index (χ1) is 8.99. The zero-order valence-corrected chi connectivity index (χ0v) is 11.3. The Bertz CT molecular complexity index is 502. The molecule has 0 saturated heterocycles. The lowest BCUT2D eigenvalue weighted by atomic mass is 10.2. The van der Waals surface area contributed by atoms with Crippen LogP contribution in [0.1, 0.15) is 23.0 Å². The van der Waals surface area contributed by atoms with E-state index in [-0.39, 0.29) is 24.1 Å². The number of pyridine rings is 1. The molecular weight excluding hydrogens is 244 g/mol. The maximum absolute atomic E-state index is 12.1. The van der Waals surface area contributed by atoms with Gasteiger partial charge < -0.3 is 9.80 Å². The van der Waals surface area contributed by atoms with E-state index in [9.17, 15) is 9.59 Å². The van der Waals surface area contributed by atoms with Crippen LogP contribution in [0.25, 0.3) is 0 Å². The fourth-order valence-electron chi connectivity index (χ4n) is 1.38. The van der Waals surface area contributed by atoms with E-state index in [0.29, 0.717) is 12.1 Å². The number of nitriles is 1. The lowest BCUT2D eigenvalue weighted by Crippen LogP contribution is -2.40. The van der Waals surface area contributed by atoms with Crippen LogP contribution in [0.3, 0.4) is 0 Å². The maximum atomic E-state index is 12.1. The third kappa shape index (κ3) is 3.78. The molecule has 19 heavy (non-hydrogen) atoms. The van der Waals surface area contributed by atoms with Crippen molar-refractivity contribution >= 4 is 11.8 Å². The highest BCUT2D eigenvalue weighted by Gasteiger charge is 2.19. The third-order valence-corrected chi connectivity index (χ3v) is 2.61. The van der Waals surface area contributed by atoms with Crippen molar-refractivity contribution in [3.63, 3.8) is 0 Å². The summed E-state index contributed by atoms with van der Waals surface area (Å²) in [6.07, 6.45) is 1.34. The molecule has 0 aliphatic carbocycles. The third-order valence-electron chi connectivity index (χ3n) is 2.61. The number of carbonyl (C=O) groups excluding carboxylic acids is 2. The number of rotatable bonds is 4. The van der Waals surface area contributed by atoms with Crippen LogP contribution in [0, 0.1) is 11.3 Å². The molecule has 6 nitrogen and oxygen atoms in total. The lowest BCUT2D eigenvalue weighted by molar-refractivity contribution is -0.129. The molecule has 0 aromatic carbocycles. The van der Waals surface area contributed by atoms with Gasteiger partial charge >= 0.3 is 0 Å². The fourth-order valence-corrected chi connectivity index (χ4v) is 1.38. The second kappa shape index (κ2) is 6.50. The molecule has 0 aliphatic heterocycles. The van der Waals surface area contributed by atoms with Gasteiger partial charge in [0.2, 0.25) is 5.91 Å². The molecule has 0 bridgehead atoms. The van der Waals surface area contributed by atoms with Crippen LogP contribution < -0.4 is 0 Å². The zero-order valence-electron chi connectivity index (χ0n) is 11.3. The van der Waals surface area contributed by atoms with Gasteiger partial charge in [-0.05, 0) is 19.1 Å². The molecule has 0 aliphatic rings. The van der Waals surface area contributed by atoms with Gasteiger partial charge in [0, 0.05) is 26.8 Å². The summed E-state index contributed by atoms with van der Waals surface area (Å²) in [5, 5.41) is 8.67. The molecule has 1 heterocycles. The van der Waals surface area contributed by atoms with Gasteiger partial charge in [-0.1, -0.05) is 0 Å². The SMILES string of the molecule is CCN(CC(=O)N(C)C)C(=O)c1ccc(C#N)cn1. The fraction of sp³-hybridized carbons (Fsp3) is 0.385. The highest BCUT2D eigenvalue weighted by atomic mass is 16.2. The first-order valence-corrected chi connectivity index (χ1v) is 5.85. The Morgan fingerprint density at radius 2 is 2.05 bits per heavy atom. The summed E-state index contributed by atoms with van der Waals surface area (Å²) < 4.78 is 0. The molecule has 1 aromatic rings. The van der Waals surface area contributed by atoms with Crippen LogP contribution in [-0.4, -0.2) is 53.8 Å². The summed E-state index contributed by atoms with van der Waals surface area (Å²) in [6.45, 7) is 2.23. The summed E-state index contributed by atoms with van der Waals surface area (Å²) >= 11 is 0. The van der Waals surface area contributed by atoms with Crippen molar-refractivity contribution in [1.82, 2.24) is 14.8 Å². The summed E-state index contributed by atoms with van der Waals surface area (Å²) in [6, 6.07) is 4.95. The number of hydrogen-bond acceptors (Lipinski definition) is 4. The van der Waals surface area contributed by atoms with Crippen LogP contribution in [0.2, 0.25) is 0 Å². The van der Waals surface area contributed by atoms with Crippen LogP contribution in [-0.2, 0) is 4.79 Å². The predicted molar refractivity (Wildman–Crippen MR) is 69.2 cm³/mol. The molecule has 0 fully saturated rings. The Morgan fingerprint density at radius 3 is 2.47 bits per heavy atom. The molecule has 0 atom stereocenters. The van der Waals surface area contributed by atoms with Crippen molar-refractivity contribution in [2.75, 3.05) is 27.2 Å². The van der Waals surface area contributed by atoms with Crippen LogP contribution >= 0.6 is 0 Å². The molecule has 1 aromatic heterocycles. The number of nitrogens with zero attached hydrogens (tertiary/aromatic N) is 4. The highest BCUT2D eigenvalue weighted by Crippen LogP contribution is 2.04. The van der Waals surface area contributed by atoms with Crippen molar-refractivity contribution in [1.29, 1.82) is 5.26 Å². The standard InChI is InChI=1S/C13H16N4O2/c1-4-17(9-12(18)16(2)3)13(19)11-6-5-10(7-14)8-15-11/h5-6,8H,4,9H2,1-3H3. The molecule has 1 rings (SSSR count). The van der Waals surface area contributed by atoms with Gasteiger partial charge in [-0.3, -0.25) is 9.59 Å². The van der Waals surface area contributed by atoms with Crippen molar-refractivity contribution in [2.24, 2.45) is 0 Å². The van der Waals surface area contributed by atoms with E-state index < -0.39 is 0 Å². The van der Waals surface area contributed by atoms with Crippen LogP contribution in [0.4, 0.5) is 0 Å². The van der Waals surface area contributed by atoms with Gasteiger partial charge in [-0.2, -0.15) is 5.26 Å². The summed E-state index contributed by atoms with van der Waals surface area (Å²) in [5.74, 6) is -0.467. The zero-order chi connectivity index (χ0) is 14.4. The maximum Gasteiger partial charge on any atom is 0.272 e. The quantitative estimate of drug-likeness (QED) is 0.790. The van der Waals surface area contributed by atoms with E-state index in [4.69, 9.17) is 5.26 Å². The molecule has 0 spiro atoms. The van der Waals surface area contributed by atoms with Gasteiger partial charge in [0.05, 0.1) is 5.56 Å². The van der Waals surface area contributed by atoms with Crippen LogP contribution in [0.5, 0.6) is 0 Å². The molecule has 6 heteroatoms. The first-order valence-electron chi connectivity index (χ1n) is 5.85. The lowest BCUT2D eigenvalue weighted by Gasteiger charge is -2.21. The number of hydrogen-bond donors (Lipinski definition) is 0. The van der Waals surface area contributed by atoms with E-state index in [1.165, 1.54) is 28.1 Å². The van der Waals surface area contributed by atoms with E-state index in [1.807, 2.05) is 6.07 Å². The van der Waals surface area contributed by atoms with Crippen LogP contribution in [0.15, 0.2) is 18.3 Å². The summed E-state index contributed by atoms with van der Waals surface area (Å²) in [5.41, 5.74) is 0.622. The summed E-state index contributed by atoms with van der Waals surface area (Å²) in [7, 11) is 3.28. The van der Waals surface area contributed by atoms with E-state index >= 15 is 0 Å². The molecule has 100 valence electrons. The molecule has 0 saturated carbocycles. The Hall–Kier alpha value is -2.42. The van der Waals surface area contributed by atoms with Crippen molar-refractivity contribution < 1.29 is 9.59 Å². The van der Waals surface area contributed by atoms with E-state index in [2.05, 4.69) is 4.98 Å². The molecule has 2 amide bonds. The van der Waals surface area contributed by atoms with Crippen molar-refractivity contribution in [2.45, 2.75) is 6.92 Å². The van der Waals surface area contributed by atoms with Gasteiger partial charge in [-0.25, -0.2) is 4.98 Å². The Morgan fingerprint density at radius 1 is 1.37 bits per heavy atom. The van der Waals surface area contributed by atoms with Gasteiger partial charge in [-0.15, -0.1) is 0 Å². The smallest absolute Gasteiger partial charge is 0.272 e. The number of carbonyl (C=O) groups is 2. The second-order valence-corrected chi connectivity index (χ2v) is 4.15. The first kappa shape index (κ1) is 14.6. The average molecular weight is 260 g/mol. The number of amides is 2. The molecule has 0 N–H and O–H groups in total. The van der Waals surface area contributed by atoms with Gasteiger partial charge in [0.25, 0.3) is 5.91 Å². The van der Waals surface area contributed by atoms with Crippen molar-refractivity contribution in [3.05, 3.63) is 29.6 Å². The minimum Gasteiger partial charge on any atom is -0.347 e. The van der Waals surface area contributed by atoms with E-state index in [1.54, 1.807) is 21.0 Å². The van der Waals surface area contributed by atoms with Crippen molar-refractivity contribution in [3.8, 4) is 6.07 Å². The monoisotopic (exact) mass is 260 g/mol. The minimum absolute atomic E-state index is 0.0179. The van der Waals surface area contributed by atoms with Gasteiger partial charge in [0.1, 0.15) is 18.3 Å². The highest BCUT2D eigenvalue weighted by molar-refractivity contribution is 5.94. The Balaban J connectivity index is 2.83. The Kier molecular flexibility index (Phi) is 5.01. The number of aromatic nitrogens is 1. The average Bonchev–Trinajstić information content (AvgIpc) is 2.43. The van der Waals surface area contributed by atoms with E-state index in [0.717, 1.165) is 0 Å². The minimum atomic E-state index is -0.317. The predicted octanol–water partition coefficient (Wildman–Crippen LogP) is 0.504. The topological polar surface area (TPSA) is 77.3 Å². The van der Waals surface area contributed by atoms with Gasteiger partial charge in [0.15, 0.2) is 0 Å². The normalized spacial score (nSPS) is 9.58. The molecular formula is C13H16N4O2. The molecule has 0 unspecified atom stereocenters. The second-order valence-electron chi connectivity index (χ2n) is 4.15. The largest absolute Gasteiger partial charge is 0.347 e. The summed E-state index contributed by atoms with van der Waals surface area (Å²) in [4.78, 5) is 30.5.